The smallest absolute Gasteiger partial charge is 0.407 e. The third-order valence-corrected chi connectivity index (χ3v) is 5.36. The van der Waals surface area contributed by atoms with Gasteiger partial charge < -0.3 is 20.3 Å². The minimum Gasteiger partial charge on any atom is -0.481 e. The molecular formula is C26H32N2O5. The van der Waals surface area contributed by atoms with Crippen LogP contribution in [0.5, 0.6) is 0 Å². The molecule has 2 atom stereocenters. The van der Waals surface area contributed by atoms with Gasteiger partial charge in [0.1, 0.15) is 5.60 Å². The normalized spacial score (nSPS) is 13.9. The summed E-state index contributed by atoms with van der Waals surface area (Å²) in [5.74, 6) is -1.03. The van der Waals surface area contributed by atoms with Gasteiger partial charge in [-0.3, -0.25) is 4.79 Å². The summed E-state index contributed by atoms with van der Waals surface area (Å²) in [6.07, 6.45) is -0.0161. The summed E-state index contributed by atoms with van der Waals surface area (Å²) in [6.45, 7) is 6.58. The Hall–Kier alpha value is -3.37. The highest BCUT2D eigenvalue weighted by Gasteiger charge is 2.36. The number of aliphatic hydroxyl groups excluding tert-OH is 1. The molecule has 33 heavy (non-hydrogen) atoms. The van der Waals surface area contributed by atoms with Crippen LogP contribution in [-0.2, 0) is 16.0 Å². The zero-order chi connectivity index (χ0) is 24.6. The topological polar surface area (TPSA) is 120 Å². The molecule has 0 unspecified atom stereocenters. The number of carboxylic acids is 1. The maximum Gasteiger partial charge on any atom is 0.407 e. The van der Waals surface area contributed by atoms with Crippen LogP contribution in [-0.4, -0.2) is 40.5 Å². The lowest BCUT2D eigenvalue weighted by atomic mass is 9.79. The van der Waals surface area contributed by atoms with Crippen molar-refractivity contribution in [2.24, 2.45) is 5.41 Å². The molecule has 0 aliphatic rings. The van der Waals surface area contributed by atoms with Crippen LogP contribution in [0.2, 0.25) is 0 Å². The van der Waals surface area contributed by atoms with Gasteiger partial charge in [-0.15, -0.1) is 0 Å². The van der Waals surface area contributed by atoms with Crippen molar-refractivity contribution in [3.8, 4) is 17.2 Å². The molecule has 0 heterocycles. The van der Waals surface area contributed by atoms with E-state index < -0.39 is 29.1 Å². The molecule has 0 saturated carbocycles. The van der Waals surface area contributed by atoms with Crippen LogP contribution in [0.15, 0.2) is 48.5 Å². The molecule has 1 amide bonds. The quantitative estimate of drug-likeness (QED) is 0.514. The van der Waals surface area contributed by atoms with Gasteiger partial charge in [0, 0.05) is 12.6 Å². The molecular weight excluding hydrogens is 420 g/mol. The van der Waals surface area contributed by atoms with Crippen molar-refractivity contribution in [3.05, 3.63) is 59.7 Å². The first-order valence-corrected chi connectivity index (χ1v) is 10.9. The number of nitrogens with one attached hydrogen (secondary N) is 1. The van der Waals surface area contributed by atoms with Crippen LogP contribution in [0.4, 0.5) is 4.79 Å². The Morgan fingerprint density at radius 3 is 2.30 bits per heavy atom. The Balaban J connectivity index is 2.24. The molecule has 0 aromatic heterocycles. The third-order valence-electron chi connectivity index (χ3n) is 5.36. The lowest BCUT2D eigenvalue weighted by Gasteiger charge is -2.30. The molecule has 176 valence electrons. The summed E-state index contributed by atoms with van der Waals surface area (Å²) in [5.41, 5.74) is 1.47. The second-order valence-corrected chi connectivity index (χ2v) is 9.48. The predicted molar refractivity (Wildman–Crippen MR) is 126 cm³/mol. The second-order valence-electron chi connectivity index (χ2n) is 9.48. The summed E-state index contributed by atoms with van der Waals surface area (Å²) >= 11 is 0. The van der Waals surface area contributed by atoms with E-state index >= 15 is 0 Å². The van der Waals surface area contributed by atoms with Gasteiger partial charge >= 0.3 is 12.1 Å². The van der Waals surface area contributed by atoms with Crippen LogP contribution in [0.1, 0.15) is 51.7 Å². The highest BCUT2D eigenvalue weighted by molar-refractivity contribution is 5.74. The number of aliphatic carboxylic acids is 1. The highest BCUT2D eigenvalue weighted by atomic mass is 16.6. The van der Waals surface area contributed by atoms with Crippen LogP contribution in [0, 0.1) is 16.7 Å². The fourth-order valence-electron chi connectivity index (χ4n) is 3.62. The maximum absolute atomic E-state index is 12.4. The lowest BCUT2D eigenvalue weighted by molar-refractivity contribution is -0.149. The first-order valence-electron chi connectivity index (χ1n) is 10.9. The van der Waals surface area contributed by atoms with Crippen LogP contribution < -0.4 is 5.32 Å². The molecule has 7 heteroatoms. The number of carboxylic acid groups (broad SMARTS) is 1. The first-order chi connectivity index (χ1) is 15.5. The molecule has 0 spiro atoms. The summed E-state index contributed by atoms with van der Waals surface area (Å²) in [6, 6.07) is 16.6. The Morgan fingerprint density at radius 2 is 1.76 bits per heavy atom. The van der Waals surface area contributed by atoms with Crippen molar-refractivity contribution < 1.29 is 24.5 Å². The first kappa shape index (κ1) is 25.9. The number of nitrogens with zero attached hydrogens (tertiary/aromatic N) is 1. The Labute approximate surface area is 195 Å². The number of hydrogen-bond acceptors (Lipinski definition) is 5. The van der Waals surface area contributed by atoms with E-state index in [9.17, 15) is 19.8 Å². The van der Waals surface area contributed by atoms with E-state index in [1.807, 2.05) is 42.5 Å². The third kappa shape index (κ3) is 7.92. The van der Waals surface area contributed by atoms with Crippen molar-refractivity contribution in [1.82, 2.24) is 5.32 Å². The average molecular weight is 453 g/mol. The van der Waals surface area contributed by atoms with E-state index in [1.54, 1.807) is 33.8 Å². The van der Waals surface area contributed by atoms with E-state index in [2.05, 4.69) is 11.4 Å². The van der Waals surface area contributed by atoms with E-state index in [-0.39, 0.29) is 19.4 Å². The monoisotopic (exact) mass is 452 g/mol. The van der Waals surface area contributed by atoms with Crippen LogP contribution in [0.3, 0.4) is 0 Å². The molecule has 7 nitrogen and oxygen atoms in total. The van der Waals surface area contributed by atoms with Gasteiger partial charge in [0.15, 0.2) is 0 Å². The molecule has 0 radical (unpaired) electrons. The Morgan fingerprint density at radius 1 is 1.09 bits per heavy atom. The van der Waals surface area contributed by atoms with Gasteiger partial charge in [-0.1, -0.05) is 36.4 Å². The van der Waals surface area contributed by atoms with E-state index in [4.69, 9.17) is 10.00 Å². The minimum atomic E-state index is -1.20. The fourth-order valence-corrected chi connectivity index (χ4v) is 3.62. The number of aliphatic hydroxyl groups is 1. The average Bonchev–Trinajstić information content (AvgIpc) is 2.73. The molecule has 0 saturated heterocycles. The highest BCUT2D eigenvalue weighted by Crippen LogP contribution is 2.30. The van der Waals surface area contributed by atoms with Crippen molar-refractivity contribution in [3.63, 3.8) is 0 Å². The molecule has 2 aromatic rings. The summed E-state index contributed by atoms with van der Waals surface area (Å²) in [7, 11) is 0. The SMILES string of the molecule is CC(C)(C)OC(=O)N[C@H](Cc1ccc(-c2cccc(C#N)c2)cc1)C[C@@](C)(CCO)C(=O)O. The Bertz CT molecular complexity index is 1000. The van der Waals surface area contributed by atoms with Gasteiger partial charge in [-0.25, -0.2) is 4.79 Å². The van der Waals surface area contributed by atoms with E-state index in [0.29, 0.717) is 12.0 Å². The number of carbonyl (C=O) groups is 2. The van der Waals surface area contributed by atoms with Gasteiger partial charge in [0.2, 0.25) is 0 Å². The number of amides is 1. The van der Waals surface area contributed by atoms with Crippen LogP contribution in [0.25, 0.3) is 11.1 Å². The number of hydrogen-bond donors (Lipinski definition) is 3. The van der Waals surface area contributed by atoms with Gasteiger partial charge in [-0.05, 0) is 75.8 Å². The molecule has 2 aromatic carbocycles. The number of benzene rings is 2. The molecule has 0 aliphatic heterocycles. The largest absolute Gasteiger partial charge is 0.481 e. The predicted octanol–water partition coefficient (Wildman–Crippen LogP) is 4.52. The molecule has 0 bridgehead atoms. The molecule has 3 N–H and O–H groups in total. The zero-order valence-electron chi connectivity index (χ0n) is 19.6. The van der Waals surface area contributed by atoms with Gasteiger partial charge in [0.05, 0.1) is 17.0 Å². The summed E-state index contributed by atoms with van der Waals surface area (Å²) in [5, 5.41) is 31.0. The minimum absolute atomic E-state index is 0.0724. The lowest BCUT2D eigenvalue weighted by Crippen LogP contribution is -2.44. The number of carbonyl (C=O) groups excluding carboxylic acids is 1. The van der Waals surface area contributed by atoms with Crippen molar-refractivity contribution in [1.29, 1.82) is 5.26 Å². The van der Waals surface area contributed by atoms with Gasteiger partial charge in [0.25, 0.3) is 0 Å². The van der Waals surface area contributed by atoms with E-state index in [0.717, 1.165) is 16.7 Å². The fraction of sp³-hybridized carbons (Fsp3) is 0.423. The van der Waals surface area contributed by atoms with E-state index in [1.165, 1.54) is 0 Å². The molecule has 0 fully saturated rings. The number of alkyl carbamates (subject to hydrolysis) is 1. The number of rotatable bonds is 9. The molecule has 2 rings (SSSR count). The van der Waals surface area contributed by atoms with Gasteiger partial charge in [-0.2, -0.15) is 5.26 Å². The summed E-state index contributed by atoms with van der Waals surface area (Å²) in [4.78, 5) is 24.3. The molecule has 0 aliphatic carbocycles. The number of nitriles is 1. The zero-order valence-corrected chi connectivity index (χ0v) is 19.6. The number of ether oxygens (including phenoxy) is 1. The summed E-state index contributed by atoms with van der Waals surface area (Å²) < 4.78 is 5.37. The second kappa shape index (κ2) is 11.0. The maximum atomic E-state index is 12.4. The van der Waals surface area contributed by atoms with Crippen molar-refractivity contribution in [2.45, 2.75) is 58.6 Å². The Kier molecular flexibility index (Phi) is 8.61. The van der Waals surface area contributed by atoms with Crippen molar-refractivity contribution >= 4 is 12.1 Å². The standard InChI is InChI=1S/C26H32N2O5/c1-25(2,3)33-24(32)28-22(16-26(4,12-13-29)23(30)31)15-18-8-10-20(11-9-18)21-7-5-6-19(14-21)17-27/h5-11,14,22,29H,12-13,15-16H2,1-4H3,(H,28,32)(H,30,31)/t22-,26-/m1/s1. The van der Waals surface area contributed by atoms with Crippen LogP contribution >= 0.6 is 0 Å². The van der Waals surface area contributed by atoms with Crippen molar-refractivity contribution in [2.75, 3.05) is 6.61 Å².